The Morgan fingerprint density at radius 1 is 1.21 bits per heavy atom. The van der Waals surface area contributed by atoms with Crippen LogP contribution in [-0.2, 0) is 22.4 Å². The first kappa shape index (κ1) is 21.1. The number of likely N-dealkylation sites (tertiary alicyclic amines) is 1. The molecule has 0 bridgehead atoms. The number of hydrogen-bond acceptors (Lipinski definition) is 4. The molecule has 8 heteroatoms. The molecule has 158 valence electrons. The van der Waals surface area contributed by atoms with Gasteiger partial charge in [0.25, 0.3) is 5.97 Å². The molecule has 0 aromatic heterocycles. The van der Waals surface area contributed by atoms with Crippen LogP contribution < -0.4 is 10.6 Å². The fraction of sp³-hybridized carbons (Fsp3) is 0.571. The van der Waals surface area contributed by atoms with E-state index in [0.717, 1.165) is 37.9 Å². The molecule has 3 saturated heterocycles. The average molecular weight is 402 g/mol. The Bertz CT molecular complexity index is 748. The second-order valence-corrected chi connectivity index (χ2v) is 8.27. The van der Waals surface area contributed by atoms with Crippen molar-refractivity contribution in [2.75, 3.05) is 39.8 Å². The van der Waals surface area contributed by atoms with E-state index in [4.69, 9.17) is 9.90 Å². The normalized spacial score (nSPS) is 22.0. The van der Waals surface area contributed by atoms with Gasteiger partial charge in [0.15, 0.2) is 0 Å². The van der Waals surface area contributed by atoms with Crippen LogP contribution in [0.3, 0.4) is 0 Å². The maximum Gasteiger partial charge on any atom is 0.317 e. The highest BCUT2D eigenvalue weighted by Gasteiger charge is 2.53. The second kappa shape index (κ2) is 8.82. The van der Waals surface area contributed by atoms with Gasteiger partial charge in [-0.05, 0) is 43.0 Å². The van der Waals surface area contributed by atoms with E-state index in [0.29, 0.717) is 26.1 Å². The SMILES string of the molecule is CC(=O)O.CN1C(=O)NCC12CN(C(=O)Cc1ccc(CC3CCNC3)cc1)C2. The third-order valence-corrected chi connectivity index (χ3v) is 5.97. The summed E-state index contributed by atoms with van der Waals surface area (Å²) in [5.74, 6) is 0.0515. The predicted octanol–water partition coefficient (Wildman–Crippen LogP) is 0.708. The standard InChI is InChI=1S/C19H26N4O2.C2H4O2/c1-22-18(25)21-11-19(22)12-23(13-19)17(24)9-15-4-2-14(3-5-15)8-16-6-7-20-10-16;1-2(3)4/h2-5,16,20H,6-13H2,1H3,(H,21,25);1H3,(H,3,4). The molecule has 1 atom stereocenters. The lowest BCUT2D eigenvalue weighted by atomic mass is 9.89. The van der Waals surface area contributed by atoms with Crippen LogP contribution in [0.25, 0.3) is 0 Å². The van der Waals surface area contributed by atoms with E-state index < -0.39 is 5.97 Å². The number of urea groups is 1. The predicted molar refractivity (Wildman–Crippen MR) is 109 cm³/mol. The monoisotopic (exact) mass is 402 g/mol. The Morgan fingerprint density at radius 2 is 1.83 bits per heavy atom. The van der Waals surface area contributed by atoms with Gasteiger partial charge >= 0.3 is 6.03 Å². The molecule has 1 aromatic rings. The van der Waals surface area contributed by atoms with Gasteiger partial charge in [-0.2, -0.15) is 0 Å². The zero-order chi connectivity index (χ0) is 21.0. The van der Waals surface area contributed by atoms with Crippen LogP contribution in [0.4, 0.5) is 4.79 Å². The smallest absolute Gasteiger partial charge is 0.317 e. The molecule has 1 unspecified atom stereocenters. The number of carboxylic acids is 1. The molecule has 3 heterocycles. The summed E-state index contributed by atoms with van der Waals surface area (Å²) in [7, 11) is 1.81. The third kappa shape index (κ3) is 5.06. The van der Waals surface area contributed by atoms with Crippen LogP contribution in [0.1, 0.15) is 24.5 Å². The first-order valence-corrected chi connectivity index (χ1v) is 10.1. The minimum atomic E-state index is -0.833. The van der Waals surface area contributed by atoms with E-state index >= 15 is 0 Å². The molecular weight excluding hydrogens is 372 g/mol. The van der Waals surface area contributed by atoms with Crippen molar-refractivity contribution >= 4 is 17.9 Å². The summed E-state index contributed by atoms with van der Waals surface area (Å²) in [6.07, 6.45) is 2.80. The zero-order valence-electron chi connectivity index (χ0n) is 17.1. The number of amides is 3. The molecule has 3 N–H and O–H groups in total. The maximum atomic E-state index is 12.5. The highest BCUT2D eigenvalue weighted by atomic mass is 16.4. The fourth-order valence-corrected chi connectivity index (χ4v) is 4.16. The largest absolute Gasteiger partial charge is 0.481 e. The number of carboxylic acid groups (broad SMARTS) is 1. The number of aliphatic carboxylic acids is 1. The first-order valence-electron chi connectivity index (χ1n) is 10.1. The van der Waals surface area contributed by atoms with E-state index in [1.54, 1.807) is 4.90 Å². The van der Waals surface area contributed by atoms with Gasteiger partial charge in [-0.3, -0.25) is 9.59 Å². The first-order chi connectivity index (χ1) is 13.8. The molecule has 0 saturated carbocycles. The van der Waals surface area contributed by atoms with E-state index in [2.05, 4.69) is 34.9 Å². The quantitative estimate of drug-likeness (QED) is 0.688. The Balaban J connectivity index is 0.000000552. The van der Waals surface area contributed by atoms with Gasteiger partial charge in [0.1, 0.15) is 0 Å². The number of benzene rings is 1. The number of hydrogen-bond donors (Lipinski definition) is 3. The van der Waals surface area contributed by atoms with Crippen LogP contribution in [0.5, 0.6) is 0 Å². The van der Waals surface area contributed by atoms with E-state index in [-0.39, 0.29) is 17.5 Å². The van der Waals surface area contributed by atoms with Crippen molar-refractivity contribution in [1.82, 2.24) is 20.4 Å². The zero-order valence-corrected chi connectivity index (χ0v) is 17.1. The van der Waals surface area contributed by atoms with Crippen LogP contribution in [0.15, 0.2) is 24.3 Å². The Labute approximate surface area is 171 Å². The molecule has 8 nitrogen and oxygen atoms in total. The van der Waals surface area contributed by atoms with Gasteiger partial charge in [-0.15, -0.1) is 0 Å². The van der Waals surface area contributed by atoms with Crippen LogP contribution in [0, 0.1) is 5.92 Å². The maximum absolute atomic E-state index is 12.5. The number of carbonyl (C=O) groups is 3. The fourth-order valence-electron chi connectivity index (χ4n) is 4.16. The molecule has 1 spiro atoms. The van der Waals surface area contributed by atoms with Gasteiger partial charge in [0, 0.05) is 33.6 Å². The van der Waals surface area contributed by atoms with Crippen LogP contribution in [0.2, 0.25) is 0 Å². The highest BCUT2D eigenvalue weighted by molar-refractivity contribution is 5.82. The van der Waals surface area contributed by atoms with Gasteiger partial charge in [-0.25, -0.2) is 4.79 Å². The molecule has 29 heavy (non-hydrogen) atoms. The number of carbonyl (C=O) groups excluding carboxylic acids is 2. The molecule has 3 aliphatic rings. The summed E-state index contributed by atoms with van der Waals surface area (Å²) in [6, 6.07) is 8.44. The Kier molecular flexibility index (Phi) is 6.42. The van der Waals surface area contributed by atoms with Crippen molar-refractivity contribution in [2.24, 2.45) is 5.92 Å². The lowest BCUT2D eigenvalue weighted by Crippen LogP contribution is -2.70. The van der Waals surface area contributed by atoms with Gasteiger partial charge in [0.2, 0.25) is 5.91 Å². The molecule has 3 aliphatic heterocycles. The number of nitrogens with one attached hydrogen (secondary N) is 2. The van der Waals surface area contributed by atoms with Crippen molar-refractivity contribution in [2.45, 2.75) is 31.7 Å². The Hall–Kier alpha value is -2.61. The van der Waals surface area contributed by atoms with Gasteiger partial charge < -0.3 is 25.5 Å². The molecule has 4 rings (SSSR count). The van der Waals surface area contributed by atoms with Crippen LogP contribution >= 0.6 is 0 Å². The molecule has 3 amide bonds. The number of nitrogens with zero attached hydrogens (tertiary/aromatic N) is 2. The van der Waals surface area contributed by atoms with Gasteiger partial charge in [-0.1, -0.05) is 24.3 Å². The summed E-state index contributed by atoms with van der Waals surface area (Å²) in [6.45, 7) is 5.23. The Morgan fingerprint density at radius 3 is 2.34 bits per heavy atom. The summed E-state index contributed by atoms with van der Waals surface area (Å²) in [5.41, 5.74) is 2.23. The summed E-state index contributed by atoms with van der Waals surface area (Å²) in [4.78, 5) is 36.7. The number of rotatable bonds is 4. The summed E-state index contributed by atoms with van der Waals surface area (Å²) >= 11 is 0. The molecule has 0 aliphatic carbocycles. The van der Waals surface area contributed by atoms with Crippen molar-refractivity contribution in [3.05, 3.63) is 35.4 Å². The van der Waals surface area contributed by atoms with Crippen LogP contribution in [-0.4, -0.2) is 78.1 Å². The van der Waals surface area contributed by atoms with E-state index in [9.17, 15) is 9.59 Å². The van der Waals surface area contributed by atoms with Crippen molar-refractivity contribution in [3.8, 4) is 0 Å². The van der Waals surface area contributed by atoms with E-state index in [1.807, 2.05) is 11.9 Å². The minimum absolute atomic E-state index is 0.0415. The average Bonchev–Trinajstić information content (AvgIpc) is 3.24. The molecule has 1 aromatic carbocycles. The van der Waals surface area contributed by atoms with Crippen molar-refractivity contribution in [1.29, 1.82) is 0 Å². The van der Waals surface area contributed by atoms with E-state index in [1.165, 1.54) is 12.0 Å². The molecular formula is C21H30N4O4. The number of likely N-dealkylation sites (N-methyl/N-ethyl adjacent to an activating group) is 1. The lowest BCUT2D eigenvalue weighted by molar-refractivity contribution is -0.141. The molecule has 3 fully saturated rings. The lowest BCUT2D eigenvalue weighted by Gasteiger charge is -2.50. The third-order valence-electron chi connectivity index (χ3n) is 5.97. The van der Waals surface area contributed by atoms with Gasteiger partial charge in [0.05, 0.1) is 12.0 Å². The summed E-state index contributed by atoms with van der Waals surface area (Å²) < 4.78 is 0. The minimum Gasteiger partial charge on any atom is -0.481 e. The topological polar surface area (TPSA) is 102 Å². The highest BCUT2D eigenvalue weighted by Crippen LogP contribution is 2.30. The van der Waals surface area contributed by atoms with Crippen molar-refractivity contribution < 1.29 is 19.5 Å². The molecule has 0 radical (unpaired) electrons. The second-order valence-electron chi connectivity index (χ2n) is 8.27. The van der Waals surface area contributed by atoms with Crippen molar-refractivity contribution in [3.63, 3.8) is 0 Å². The summed E-state index contributed by atoms with van der Waals surface area (Å²) in [5, 5.41) is 13.7.